The largest absolute Gasteiger partial charge is 0.382 e. The van der Waals surface area contributed by atoms with Gasteiger partial charge in [-0.1, -0.05) is 59.6 Å². The highest BCUT2D eigenvalue weighted by Gasteiger charge is 2.59. The van der Waals surface area contributed by atoms with E-state index in [4.69, 9.17) is 23.2 Å². The molecule has 2 aliphatic heterocycles. The highest BCUT2D eigenvalue weighted by atomic mass is 35.5. The molecule has 148 valence electrons. The number of rotatable bonds is 4. The van der Waals surface area contributed by atoms with Gasteiger partial charge >= 0.3 is 0 Å². The normalized spacial score (nSPS) is 26.3. The van der Waals surface area contributed by atoms with Gasteiger partial charge in [0.25, 0.3) is 0 Å². The lowest BCUT2D eigenvalue weighted by molar-refractivity contribution is -0.0110. The summed E-state index contributed by atoms with van der Waals surface area (Å²) in [6, 6.07) is 17.6. The van der Waals surface area contributed by atoms with Gasteiger partial charge < -0.3 is 5.11 Å². The molecule has 3 heterocycles. The van der Waals surface area contributed by atoms with Gasteiger partial charge in [0, 0.05) is 28.3 Å². The molecule has 29 heavy (non-hydrogen) atoms. The van der Waals surface area contributed by atoms with Gasteiger partial charge in [-0.25, -0.2) is 9.97 Å². The Bertz CT molecular complexity index is 986. The van der Waals surface area contributed by atoms with Crippen LogP contribution in [0.1, 0.15) is 42.1 Å². The van der Waals surface area contributed by atoms with Crippen molar-refractivity contribution >= 4 is 23.2 Å². The van der Waals surface area contributed by atoms with Gasteiger partial charge in [0.05, 0.1) is 11.7 Å². The van der Waals surface area contributed by atoms with Crippen LogP contribution in [0.3, 0.4) is 0 Å². The summed E-state index contributed by atoms with van der Waals surface area (Å²) >= 11 is 13.3. The van der Waals surface area contributed by atoms with Crippen molar-refractivity contribution in [3.63, 3.8) is 0 Å². The molecule has 2 aliphatic rings. The Hall–Kier alpha value is -1.98. The zero-order valence-corrected chi connectivity index (χ0v) is 17.3. The Labute approximate surface area is 180 Å². The fourth-order valence-corrected chi connectivity index (χ4v) is 5.66. The molecular weight excluding hydrogens is 405 g/mol. The average molecular weight is 426 g/mol. The second-order valence-electron chi connectivity index (χ2n) is 7.86. The molecule has 3 aromatic rings. The molecule has 0 saturated carbocycles. The molecule has 3 unspecified atom stereocenters. The lowest BCUT2D eigenvalue weighted by Crippen LogP contribution is -2.43. The second kappa shape index (κ2) is 7.37. The minimum Gasteiger partial charge on any atom is -0.382 e. The molecule has 3 atom stereocenters. The van der Waals surface area contributed by atoms with Crippen LogP contribution >= 0.6 is 23.2 Å². The molecule has 2 saturated heterocycles. The maximum Gasteiger partial charge on any atom is 0.123 e. The van der Waals surface area contributed by atoms with Crippen molar-refractivity contribution in [2.75, 3.05) is 0 Å². The predicted octanol–water partition coefficient (Wildman–Crippen LogP) is 5.00. The van der Waals surface area contributed by atoms with E-state index in [2.05, 4.69) is 27.0 Å². The van der Waals surface area contributed by atoms with Crippen molar-refractivity contribution in [2.45, 2.75) is 43.0 Å². The van der Waals surface area contributed by atoms with Crippen LogP contribution < -0.4 is 0 Å². The molecule has 2 fully saturated rings. The number of halogens is 2. The Balaban J connectivity index is 1.64. The minimum absolute atomic E-state index is 0.0695. The summed E-state index contributed by atoms with van der Waals surface area (Å²) in [5, 5.41) is 13.1. The third kappa shape index (κ3) is 3.06. The second-order valence-corrected chi connectivity index (χ2v) is 8.68. The van der Waals surface area contributed by atoms with Gasteiger partial charge in [-0.3, -0.25) is 4.90 Å². The number of aliphatic hydroxyl groups is 1. The first-order valence-corrected chi connectivity index (χ1v) is 10.6. The van der Waals surface area contributed by atoms with Crippen LogP contribution in [-0.4, -0.2) is 32.1 Å². The van der Waals surface area contributed by atoms with Crippen LogP contribution in [0.25, 0.3) is 0 Å². The highest BCUT2D eigenvalue weighted by molar-refractivity contribution is 6.32. The van der Waals surface area contributed by atoms with Gasteiger partial charge in [0.2, 0.25) is 0 Å². The Kier molecular flexibility index (Phi) is 4.83. The van der Waals surface area contributed by atoms with Gasteiger partial charge in [0.15, 0.2) is 0 Å². The van der Waals surface area contributed by atoms with Crippen LogP contribution in [0, 0.1) is 0 Å². The number of hydrogen-bond donors (Lipinski definition) is 1. The standard InChI is InChI=1S/C23H21Cl2N3O/c24-18-7-3-1-5-16(18)22(17-6-2-4-8-19(17)25)28-15-9-10-21(28)23(29,13-15)20-11-12-26-14-27-20/h1-8,11-12,14-15,21-22,29H,9-10,13H2. The third-order valence-electron chi connectivity index (χ3n) is 6.38. The van der Waals surface area contributed by atoms with Gasteiger partial charge in [-0.05, 0) is 48.6 Å². The van der Waals surface area contributed by atoms with Crippen LogP contribution in [0.15, 0.2) is 67.1 Å². The summed E-state index contributed by atoms with van der Waals surface area (Å²) in [6.07, 6.45) is 5.76. The SMILES string of the molecule is OC1(c2ccncn2)CC2CCC1N2C(c1ccccc1Cl)c1ccccc1Cl. The van der Waals surface area contributed by atoms with E-state index in [1.54, 1.807) is 6.20 Å². The maximum absolute atomic E-state index is 11.7. The predicted molar refractivity (Wildman–Crippen MR) is 114 cm³/mol. The van der Waals surface area contributed by atoms with Crippen LogP contribution in [0.2, 0.25) is 10.0 Å². The number of hydrogen-bond acceptors (Lipinski definition) is 4. The summed E-state index contributed by atoms with van der Waals surface area (Å²) in [6.45, 7) is 0. The van der Waals surface area contributed by atoms with Gasteiger partial charge in [-0.15, -0.1) is 0 Å². The molecule has 0 radical (unpaired) electrons. The van der Waals surface area contributed by atoms with E-state index in [0.717, 1.165) is 24.0 Å². The van der Waals surface area contributed by atoms with Crippen LogP contribution in [0.5, 0.6) is 0 Å². The zero-order chi connectivity index (χ0) is 20.0. The van der Waals surface area contributed by atoms with Crippen molar-refractivity contribution in [1.29, 1.82) is 0 Å². The Morgan fingerprint density at radius 1 is 0.966 bits per heavy atom. The average Bonchev–Trinajstić information content (AvgIpc) is 3.27. The molecule has 5 rings (SSSR count). The number of fused-ring (bicyclic) bond motifs is 2. The monoisotopic (exact) mass is 425 g/mol. The first kappa shape index (κ1) is 19.0. The molecule has 1 N–H and O–H groups in total. The van der Waals surface area contributed by atoms with Crippen molar-refractivity contribution in [1.82, 2.24) is 14.9 Å². The van der Waals surface area contributed by atoms with Crippen molar-refractivity contribution < 1.29 is 5.11 Å². The number of aromatic nitrogens is 2. The Morgan fingerprint density at radius 3 is 2.21 bits per heavy atom. The van der Waals surface area contributed by atoms with Crippen molar-refractivity contribution in [3.8, 4) is 0 Å². The fraction of sp³-hybridized carbons (Fsp3) is 0.304. The highest BCUT2D eigenvalue weighted by Crippen LogP contribution is 2.54. The van der Waals surface area contributed by atoms with Crippen molar-refractivity contribution in [2.24, 2.45) is 0 Å². The van der Waals surface area contributed by atoms with E-state index in [0.29, 0.717) is 22.2 Å². The summed E-state index contributed by atoms with van der Waals surface area (Å²) in [5.41, 5.74) is 1.69. The summed E-state index contributed by atoms with van der Waals surface area (Å²) in [5.74, 6) is 0. The smallest absolute Gasteiger partial charge is 0.123 e. The van der Waals surface area contributed by atoms with E-state index in [1.165, 1.54) is 6.33 Å². The molecule has 6 heteroatoms. The lowest BCUT2D eigenvalue weighted by atomic mass is 9.82. The summed E-state index contributed by atoms with van der Waals surface area (Å²) in [4.78, 5) is 10.8. The third-order valence-corrected chi connectivity index (χ3v) is 7.06. The first-order chi connectivity index (χ1) is 14.1. The molecule has 0 amide bonds. The van der Waals surface area contributed by atoms with E-state index >= 15 is 0 Å². The Morgan fingerprint density at radius 2 is 1.62 bits per heavy atom. The number of nitrogens with zero attached hydrogens (tertiary/aromatic N) is 3. The molecular formula is C23H21Cl2N3O. The molecule has 2 bridgehead atoms. The minimum atomic E-state index is -1.01. The quantitative estimate of drug-likeness (QED) is 0.638. The molecule has 1 aromatic heterocycles. The first-order valence-electron chi connectivity index (χ1n) is 9.85. The topological polar surface area (TPSA) is 49.3 Å². The number of benzene rings is 2. The van der Waals surface area contributed by atoms with Gasteiger partial charge in [0.1, 0.15) is 11.9 Å². The molecule has 0 aliphatic carbocycles. The van der Waals surface area contributed by atoms with E-state index in [1.807, 2.05) is 42.5 Å². The fourth-order valence-electron chi connectivity index (χ4n) is 5.19. The molecule has 2 aromatic carbocycles. The van der Waals surface area contributed by atoms with Crippen LogP contribution in [0.4, 0.5) is 0 Å². The van der Waals surface area contributed by atoms with E-state index in [-0.39, 0.29) is 18.1 Å². The summed E-state index contributed by atoms with van der Waals surface area (Å²) < 4.78 is 0. The van der Waals surface area contributed by atoms with E-state index in [9.17, 15) is 5.11 Å². The lowest BCUT2D eigenvalue weighted by Gasteiger charge is -2.36. The van der Waals surface area contributed by atoms with E-state index < -0.39 is 5.60 Å². The maximum atomic E-state index is 11.7. The van der Waals surface area contributed by atoms with Crippen LogP contribution in [-0.2, 0) is 5.60 Å². The van der Waals surface area contributed by atoms with Crippen molar-refractivity contribution in [3.05, 3.63) is 94.0 Å². The van der Waals surface area contributed by atoms with Gasteiger partial charge in [-0.2, -0.15) is 0 Å². The summed E-state index contributed by atoms with van der Waals surface area (Å²) in [7, 11) is 0. The molecule has 4 nitrogen and oxygen atoms in total. The molecule has 0 spiro atoms. The zero-order valence-electron chi connectivity index (χ0n) is 15.7.